The second kappa shape index (κ2) is 5.73. The molecule has 0 fully saturated rings. The van der Waals surface area contributed by atoms with Gasteiger partial charge in [0.05, 0.1) is 16.5 Å². The lowest BCUT2D eigenvalue weighted by atomic mass is 10.3. The maximum Gasteiger partial charge on any atom is 0.250 e. The van der Waals surface area contributed by atoms with E-state index in [1.807, 2.05) is 0 Å². The highest BCUT2D eigenvalue weighted by Crippen LogP contribution is 2.28. The summed E-state index contributed by atoms with van der Waals surface area (Å²) < 4.78 is 30.1. The summed E-state index contributed by atoms with van der Waals surface area (Å²) in [7, 11) is -1.91. The molecule has 108 valence electrons. The number of anilines is 2. The molecule has 2 aromatic rings. The lowest BCUT2D eigenvalue weighted by Gasteiger charge is -2.03. The van der Waals surface area contributed by atoms with Gasteiger partial charge in [-0.1, -0.05) is 11.3 Å². The number of benzene rings is 1. The molecule has 0 saturated carbocycles. The quantitative estimate of drug-likeness (QED) is 0.865. The molecular formula is C11H13N3O4S2. The third-order valence-electron chi connectivity index (χ3n) is 2.22. The number of nitrogens with zero attached hydrogens (tertiary/aromatic N) is 1. The average molecular weight is 315 g/mol. The van der Waals surface area contributed by atoms with Gasteiger partial charge in [-0.2, -0.15) is 0 Å². The van der Waals surface area contributed by atoms with Gasteiger partial charge in [-0.15, -0.1) is 0 Å². The highest BCUT2D eigenvalue weighted by atomic mass is 32.2. The predicted octanol–water partition coefficient (Wildman–Crippen LogP) is 1.25. The van der Waals surface area contributed by atoms with E-state index in [4.69, 9.17) is 4.74 Å². The van der Waals surface area contributed by atoms with Crippen LogP contribution in [0, 0.1) is 0 Å². The summed E-state index contributed by atoms with van der Waals surface area (Å²) in [5.74, 6) is -0.258. The van der Waals surface area contributed by atoms with Crippen LogP contribution in [0.15, 0.2) is 18.2 Å². The summed E-state index contributed by atoms with van der Waals surface area (Å²) >= 11 is 1.19. The molecule has 0 atom stereocenters. The van der Waals surface area contributed by atoms with Gasteiger partial charge in [0.15, 0.2) is 5.13 Å². The Bertz CT molecular complexity index is 739. The minimum absolute atomic E-state index is 0.0262. The average Bonchev–Trinajstić information content (AvgIpc) is 2.67. The van der Waals surface area contributed by atoms with Crippen molar-refractivity contribution in [2.24, 2.45) is 0 Å². The first-order chi connectivity index (χ1) is 9.37. The van der Waals surface area contributed by atoms with E-state index >= 15 is 0 Å². The monoisotopic (exact) mass is 315 g/mol. The predicted molar refractivity (Wildman–Crippen MR) is 78.6 cm³/mol. The summed E-state index contributed by atoms with van der Waals surface area (Å²) in [5.41, 5.74) is 1.26. The van der Waals surface area contributed by atoms with Crippen LogP contribution in [0.25, 0.3) is 10.2 Å². The first-order valence-corrected chi connectivity index (χ1v) is 8.25. The summed E-state index contributed by atoms with van der Waals surface area (Å²) in [4.78, 5) is 15.5. The lowest BCUT2D eigenvalue weighted by Crippen LogP contribution is -2.16. The van der Waals surface area contributed by atoms with Crippen LogP contribution >= 0.6 is 11.3 Å². The van der Waals surface area contributed by atoms with Gasteiger partial charge in [0.2, 0.25) is 15.9 Å². The van der Waals surface area contributed by atoms with Crippen LogP contribution in [0.2, 0.25) is 0 Å². The minimum Gasteiger partial charge on any atom is -0.375 e. The molecule has 0 spiro atoms. The Morgan fingerprint density at radius 3 is 2.85 bits per heavy atom. The van der Waals surface area contributed by atoms with E-state index in [1.165, 1.54) is 18.4 Å². The molecule has 2 rings (SSSR count). The zero-order valence-corrected chi connectivity index (χ0v) is 12.5. The van der Waals surface area contributed by atoms with Crippen molar-refractivity contribution in [3.63, 3.8) is 0 Å². The molecule has 9 heteroatoms. The van der Waals surface area contributed by atoms with Gasteiger partial charge in [-0.25, -0.2) is 13.4 Å². The summed E-state index contributed by atoms with van der Waals surface area (Å²) in [6.45, 7) is -0.0262. The molecule has 0 radical (unpaired) electrons. The van der Waals surface area contributed by atoms with Gasteiger partial charge in [0, 0.05) is 12.8 Å². The first-order valence-electron chi connectivity index (χ1n) is 5.54. The van der Waals surface area contributed by atoms with E-state index in [-0.39, 0.29) is 12.5 Å². The van der Waals surface area contributed by atoms with E-state index in [1.54, 1.807) is 18.2 Å². The fraction of sp³-hybridized carbons (Fsp3) is 0.273. The van der Waals surface area contributed by atoms with Gasteiger partial charge in [-0.05, 0) is 18.2 Å². The van der Waals surface area contributed by atoms with Crippen molar-refractivity contribution in [3.8, 4) is 0 Å². The number of carbonyl (C=O) groups is 1. The molecule has 0 bridgehead atoms. The highest BCUT2D eigenvalue weighted by molar-refractivity contribution is 7.92. The van der Waals surface area contributed by atoms with Crippen molar-refractivity contribution in [2.75, 3.05) is 30.0 Å². The molecule has 1 amide bonds. The molecular weight excluding hydrogens is 302 g/mol. The van der Waals surface area contributed by atoms with E-state index in [9.17, 15) is 13.2 Å². The molecule has 0 aliphatic rings. The number of thiazole rings is 1. The van der Waals surface area contributed by atoms with Crippen molar-refractivity contribution in [2.45, 2.75) is 0 Å². The number of amides is 1. The number of hydrogen-bond donors (Lipinski definition) is 2. The molecule has 2 N–H and O–H groups in total. The standard InChI is InChI=1S/C11H13N3O4S2/c1-18-6-10(15)12-7-3-4-8-9(5-7)19-11(13-8)14-20(2,16)17/h3-5H,6H2,1-2H3,(H,12,15)(H,13,14). The minimum atomic E-state index is -3.35. The SMILES string of the molecule is COCC(=O)Nc1ccc2nc(NS(C)(=O)=O)sc2c1. The van der Waals surface area contributed by atoms with Crippen LogP contribution < -0.4 is 10.0 Å². The molecule has 1 aromatic carbocycles. The number of ether oxygens (including phenoxy) is 1. The van der Waals surface area contributed by atoms with E-state index in [0.717, 1.165) is 11.0 Å². The molecule has 1 aromatic heterocycles. The Kier molecular flexibility index (Phi) is 4.21. The van der Waals surface area contributed by atoms with Crippen molar-refractivity contribution in [3.05, 3.63) is 18.2 Å². The zero-order chi connectivity index (χ0) is 14.8. The molecule has 20 heavy (non-hydrogen) atoms. The number of carbonyl (C=O) groups excluding carboxylic acids is 1. The molecule has 0 unspecified atom stereocenters. The number of rotatable bonds is 5. The molecule has 0 aliphatic carbocycles. The highest BCUT2D eigenvalue weighted by Gasteiger charge is 2.09. The fourth-order valence-corrected chi connectivity index (χ4v) is 3.27. The molecule has 7 nitrogen and oxygen atoms in total. The van der Waals surface area contributed by atoms with Crippen molar-refractivity contribution >= 4 is 48.3 Å². The van der Waals surface area contributed by atoms with Gasteiger partial charge in [-0.3, -0.25) is 9.52 Å². The Morgan fingerprint density at radius 2 is 2.20 bits per heavy atom. The first kappa shape index (κ1) is 14.7. The van der Waals surface area contributed by atoms with Gasteiger partial charge in [0.25, 0.3) is 0 Å². The normalized spacial score (nSPS) is 11.5. The second-order valence-electron chi connectivity index (χ2n) is 4.06. The van der Waals surface area contributed by atoms with Crippen LogP contribution in [-0.4, -0.2) is 39.3 Å². The molecule has 0 saturated heterocycles. The number of hydrogen-bond acceptors (Lipinski definition) is 6. The van der Waals surface area contributed by atoms with Gasteiger partial charge >= 0.3 is 0 Å². The maximum atomic E-state index is 11.4. The number of nitrogens with one attached hydrogen (secondary N) is 2. The molecule has 1 heterocycles. The van der Waals surface area contributed by atoms with Crippen LogP contribution in [0.3, 0.4) is 0 Å². The summed E-state index contributed by atoms with van der Waals surface area (Å²) in [5, 5.41) is 2.96. The second-order valence-corrected chi connectivity index (χ2v) is 6.84. The van der Waals surface area contributed by atoms with Crippen LogP contribution in [0.4, 0.5) is 10.8 Å². The van der Waals surface area contributed by atoms with E-state index in [0.29, 0.717) is 16.3 Å². The summed E-state index contributed by atoms with van der Waals surface area (Å²) in [6, 6.07) is 5.13. The Hall–Kier alpha value is -1.71. The van der Waals surface area contributed by atoms with E-state index in [2.05, 4.69) is 15.0 Å². The number of fused-ring (bicyclic) bond motifs is 1. The topological polar surface area (TPSA) is 97.4 Å². The van der Waals surface area contributed by atoms with Gasteiger partial charge in [0.1, 0.15) is 6.61 Å². The lowest BCUT2D eigenvalue weighted by molar-refractivity contribution is -0.119. The summed E-state index contributed by atoms with van der Waals surface area (Å²) in [6.07, 6.45) is 1.06. The number of sulfonamides is 1. The van der Waals surface area contributed by atoms with Crippen LogP contribution in [-0.2, 0) is 19.6 Å². The molecule has 0 aliphatic heterocycles. The van der Waals surface area contributed by atoms with Crippen molar-refractivity contribution in [1.82, 2.24) is 4.98 Å². The fourth-order valence-electron chi connectivity index (χ4n) is 1.53. The third kappa shape index (κ3) is 3.89. The Labute approximate surface area is 120 Å². The number of aromatic nitrogens is 1. The van der Waals surface area contributed by atoms with Crippen molar-refractivity contribution < 1.29 is 17.9 Å². The zero-order valence-electron chi connectivity index (χ0n) is 10.8. The van der Waals surface area contributed by atoms with Gasteiger partial charge < -0.3 is 10.1 Å². The van der Waals surface area contributed by atoms with Crippen molar-refractivity contribution in [1.29, 1.82) is 0 Å². The Balaban J connectivity index is 2.23. The van der Waals surface area contributed by atoms with Crippen LogP contribution in [0.5, 0.6) is 0 Å². The number of methoxy groups -OCH3 is 1. The third-order valence-corrected chi connectivity index (χ3v) is 3.85. The smallest absolute Gasteiger partial charge is 0.250 e. The van der Waals surface area contributed by atoms with E-state index < -0.39 is 10.0 Å². The Morgan fingerprint density at radius 1 is 1.45 bits per heavy atom. The maximum absolute atomic E-state index is 11.4. The van der Waals surface area contributed by atoms with Crippen LogP contribution in [0.1, 0.15) is 0 Å². The largest absolute Gasteiger partial charge is 0.375 e.